The maximum Gasteiger partial charge on any atom is 0.280 e. The molecule has 0 fully saturated rings. The van der Waals surface area contributed by atoms with Crippen molar-refractivity contribution in [3.8, 4) is 5.69 Å². The van der Waals surface area contributed by atoms with E-state index in [-0.39, 0.29) is 16.9 Å². The van der Waals surface area contributed by atoms with Crippen molar-refractivity contribution in [3.63, 3.8) is 0 Å². The number of carbonyl (C=O) groups excluding carboxylic acids is 1. The molecule has 1 amide bonds. The molecule has 0 bridgehead atoms. The second-order valence-electron chi connectivity index (χ2n) is 10.6. The number of aryl methyl sites for hydroxylation is 1. The van der Waals surface area contributed by atoms with E-state index in [9.17, 15) is 9.59 Å². The van der Waals surface area contributed by atoms with Gasteiger partial charge >= 0.3 is 0 Å². The number of rotatable bonds is 5. The minimum atomic E-state index is -0.135. The molecule has 38 heavy (non-hydrogen) atoms. The van der Waals surface area contributed by atoms with Gasteiger partial charge in [0.1, 0.15) is 0 Å². The van der Waals surface area contributed by atoms with E-state index in [1.807, 2.05) is 92.7 Å². The van der Waals surface area contributed by atoms with Crippen LogP contribution in [-0.2, 0) is 4.79 Å². The molecule has 0 saturated heterocycles. The van der Waals surface area contributed by atoms with Crippen molar-refractivity contribution in [2.75, 3.05) is 5.01 Å². The number of carbonyl (C=O) groups is 1. The highest BCUT2D eigenvalue weighted by molar-refractivity contribution is 6.29. The van der Waals surface area contributed by atoms with Crippen LogP contribution < -0.4 is 10.6 Å². The van der Waals surface area contributed by atoms with Crippen molar-refractivity contribution in [2.45, 2.75) is 40.5 Å². The SMILES string of the molecule is CC1=NN(c2ccccc2)C(=O)\C1=C/C=C/C=C1/C=C(c2c(C)[nH]n(-c3ccccc3)c2=O)CC(C)(C)C1. The van der Waals surface area contributed by atoms with Crippen molar-refractivity contribution in [1.82, 2.24) is 9.78 Å². The summed E-state index contributed by atoms with van der Waals surface area (Å²) in [6.07, 6.45) is 11.6. The summed E-state index contributed by atoms with van der Waals surface area (Å²) in [5, 5.41) is 9.12. The highest BCUT2D eigenvalue weighted by atomic mass is 16.2. The van der Waals surface area contributed by atoms with Crippen molar-refractivity contribution >= 4 is 22.9 Å². The van der Waals surface area contributed by atoms with E-state index in [1.165, 1.54) is 5.01 Å². The molecule has 0 unspecified atom stereocenters. The number of aromatic amines is 1. The molecule has 1 aromatic heterocycles. The lowest BCUT2D eigenvalue weighted by atomic mass is 9.73. The van der Waals surface area contributed by atoms with Crippen LogP contribution >= 0.6 is 0 Å². The van der Waals surface area contributed by atoms with Crippen LogP contribution in [0.1, 0.15) is 44.9 Å². The average molecular weight is 505 g/mol. The molecule has 1 N–H and O–H groups in total. The van der Waals surface area contributed by atoms with Crippen LogP contribution in [0.4, 0.5) is 5.69 Å². The van der Waals surface area contributed by atoms with Gasteiger partial charge in [-0.3, -0.25) is 14.7 Å². The first-order valence-electron chi connectivity index (χ1n) is 12.8. The van der Waals surface area contributed by atoms with Crippen LogP contribution in [0, 0.1) is 12.3 Å². The molecule has 2 aromatic carbocycles. The fourth-order valence-electron chi connectivity index (χ4n) is 5.19. The van der Waals surface area contributed by atoms with Gasteiger partial charge in [-0.25, -0.2) is 4.68 Å². The summed E-state index contributed by atoms with van der Waals surface area (Å²) in [4.78, 5) is 26.3. The normalized spacial score (nSPS) is 19.5. The van der Waals surface area contributed by atoms with Crippen molar-refractivity contribution in [3.05, 3.63) is 124 Å². The lowest BCUT2D eigenvalue weighted by Crippen LogP contribution is -2.21. The summed E-state index contributed by atoms with van der Waals surface area (Å²) in [6.45, 7) is 8.26. The first-order valence-corrected chi connectivity index (χ1v) is 12.8. The lowest BCUT2D eigenvalue weighted by Gasteiger charge is -2.31. The highest BCUT2D eigenvalue weighted by Gasteiger charge is 2.29. The first-order chi connectivity index (χ1) is 18.2. The number of aromatic nitrogens is 2. The van der Waals surface area contributed by atoms with E-state index < -0.39 is 0 Å². The summed E-state index contributed by atoms with van der Waals surface area (Å²) in [6, 6.07) is 19.1. The fourth-order valence-corrected chi connectivity index (χ4v) is 5.19. The van der Waals surface area contributed by atoms with E-state index in [1.54, 1.807) is 4.68 Å². The Morgan fingerprint density at radius 1 is 0.868 bits per heavy atom. The van der Waals surface area contributed by atoms with Crippen molar-refractivity contribution < 1.29 is 4.79 Å². The topological polar surface area (TPSA) is 70.5 Å². The highest BCUT2D eigenvalue weighted by Crippen LogP contribution is 2.41. The Kier molecular flexibility index (Phi) is 6.72. The third-order valence-electron chi connectivity index (χ3n) is 6.87. The molecule has 192 valence electrons. The molecular formula is C32H32N4O2. The number of allylic oxidation sites excluding steroid dienone is 7. The number of anilines is 1. The number of H-pyrrole nitrogens is 1. The number of nitrogens with zero attached hydrogens (tertiary/aromatic N) is 3. The molecule has 1 aliphatic heterocycles. The molecule has 1 aliphatic carbocycles. The number of hydrazone groups is 1. The third kappa shape index (κ3) is 5.02. The molecule has 2 aliphatic rings. The van der Waals surface area contributed by atoms with E-state index in [2.05, 4.69) is 36.2 Å². The number of hydrogen-bond donors (Lipinski definition) is 1. The number of nitrogens with one attached hydrogen (secondary N) is 1. The summed E-state index contributed by atoms with van der Waals surface area (Å²) in [7, 11) is 0. The summed E-state index contributed by atoms with van der Waals surface area (Å²) < 4.78 is 1.61. The number of para-hydroxylation sites is 2. The van der Waals surface area contributed by atoms with Crippen LogP contribution in [-0.4, -0.2) is 21.4 Å². The predicted octanol–water partition coefficient (Wildman–Crippen LogP) is 6.51. The predicted molar refractivity (Wildman–Crippen MR) is 154 cm³/mol. The van der Waals surface area contributed by atoms with Crippen LogP contribution in [0.2, 0.25) is 0 Å². The number of benzene rings is 2. The van der Waals surface area contributed by atoms with Crippen LogP contribution in [0.25, 0.3) is 11.3 Å². The Morgan fingerprint density at radius 3 is 2.18 bits per heavy atom. The Balaban J connectivity index is 1.41. The monoisotopic (exact) mass is 504 g/mol. The second kappa shape index (κ2) is 10.1. The Bertz CT molecular complexity index is 1580. The van der Waals surface area contributed by atoms with Gasteiger partial charge in [-0.1, -0.05) is 74.5 Å². The maximum atomic E-state index is 13.4. The summed E-state index contributed by atoms with van der Waals surface area (Å²) in [5.74, 6) is -0.135. The minimum Gasteiger partial charge on any atom is -0.295 e. The minimum absolute atomic E-state index is 0.0107. The molecular weight excluding hydrogens is 472 g/mol. The largest absolute Gasteiger partial charge is 0.295 e. The maximum absolute atomic E-state index is 13.4. The zero-order valence-electron chi connectivity index (χ0n) is 22.2. The summed E-state index contributed by atoms with van der Waals surface area (Å²) in [5.41, 5.74) is 6.60. The van der Waals surface area contributed by atoms with Gasteiger partial charge in [-0.2, -0.15) is 10.1 Å². The standard InChI is InChI=1S/C32H32N4O2/c1-22-28(30(37)35(33-22)26-14-7-5-8-15-26)18-12-11-13-24-19-25(21-32(3,4)20-24)29-23(2)34-36(31(29)38)27-16-9-6-10-17-27/h5-19,34H,20-21H2,1-4H3/b12-11+,24-13-,28-18-. The van der Waals surface area contributed by atoms with Gasteiger partial charge < -0.3 is 0 Å². The van der Waals surface area contributed by atoms with Gasteiger partial charge in [0, 0.05) is 5.69 Å². The Labute approximate surface area is 223 Å². The first kappa shape index (κ1) is 25.2. The molecule has 2 heterocycles. The third-order valence-corrected chi connectivity index (χ3v) is 6.87. The van der Waals surface area contributed by atoms with E-state index in [0.717, 1.165) is 46.6 Å². The lowest BCUT2D eigenvalue weighted by molar-refractivity contribution is -0.114. The summed E-state index contributed by atoms with van der Waals surface area (Å²) >= 11 is 0. The number of amides is 1. The second-order valence-corrected chi connectivity index (χ2v) is 10.6. The van der Waals surface area contributed by atoms with Crippen LogP contribution in [0.15, 0.2) is 112 Å². The van der Waals surface area contributed by atoms with Crippen molar-refractivity contribution in [1.29, 1.82) is 0 Å². The molecule has 0 radical (unpaired) electrons. The van der Waals surface area contributed by atoms with Gasteiger partial charge in [-0.15, -0.1) is 0 Å². The van der Waals surface area contributed by atoms with E-state index >= 15 is 0 Å². The number of hydrogen-bond acceptors (Lipinski definition) is 3. The molecule has 0 atom stereocenters. The van der Waals surface area contributed by atoms with Gasteiger partial charge in [0.05, 0.1) is 28.2 Å². The van der Waals surface area contributed by atoms with Gasteiger partial charge in [0.25, 0.3) is 11.5 Å². The molecule has 0 spiro atoms. The molecule has 6 nitrogen and oxygen atoms in total. The molecule has 5 rings (SSSR count). The van der Waals surface area contributed by atoms with Gasteiger partial charge in [0.15, 0.2) is 0 Å². The zero-order chi connectivity index (χ0) is 26.9. The molecule has 0 saturated carbocycles. The van der Waals surface area contributed by atoms with Crippen LogP contribution in [0.5, 0.6) is 0 Å². The van der Waals surface area contributed by atoms with Crippen LogP contribution in [0.3, 0.4) is 0 Å². The Morgan fingerprint density at radius 2 is 1.50 bits per heavy atom. The van der Waals surface area contributed by atoms with E-state index in [0.29, 0.717) is 11.3 Å². The fraction of sp³-hybridized carbons (Fsp3) is 0.219. The quantitative estimate of drug-likeness (QED) is 0.403. The van der Waals surface area contributed by atoms with E-state index in [4.69, 9.17) is 0 Å². The Hall–Kier alpha value is -4.45. The zero-order valence-corrected chi connectivity index (χ0v) is 22.2. The molecule has 3 aromatic rings. The van der Waals surface area contributed by atoms with Gasteiger partial charge in [0.2, 0.25) is 0 Å². The van der Waals surface area contributed by atoms with Crippen molar-refractivity contribution in [2.24, 2.45) is 10.5 Å². The smallest absolute Gasteiger partial charge is 0.280 e. The van der Waals surface area contributed by atoms with Gasteiger partial charge in [-0.05, 0) is 73.6 Å². The average Bonchev–Trinajstić information content (AvgIpc) is 3.35. The molecule has 6 heteroatoms.